The molecule has 5 rings (SSSR count). The van der Waals surface area contributed by atoms with E-state index in [1.807, 2.05) is 73.7 Å². The molecule has 1 atom stereocenters. The molecule has 4 aromatic carbocycles. The van der Waals surface area contributed by atoms with E-state index in [0.717, 1.165) is 11.1 Å². The van der Waals surface area contributed by atoms with Crippen LogP contribution in [0.2, 0.25) is 0 Å². The first-order valence-corrected chi connectivity index (χ1v) is 12.9. The molecule has 0 spiro atoms. The van der Waals surface area contributed by atoms with Gasteiger partial charge in [0.2, 0.25) is 11.9 Å². The van der Waals surface area contributed by atoms with Gasteiger partial charge in [-0.15, -0.1) is 4.40 Å². The average molecular weight is 494 g/mol. The molecule has 1 amide bonds. The molecule has 0 radical (unpaired) electrons. The normalized spacial score (nSPS) is 17.2. The number of nitrogens with zero attached hydrogens (tertiary/aromatic N) is 3. The van der Waals surface area contributed by atoms with E-state index < -0.39 is 15.9 Å². The second-order valence-corrected chi connectivity index (χ2v) is 10.00. The van der Waals surface area contributed by atoms with Crippen molar-refractivity contribution in [1.82, 2.24) is 0 Å². The Balaban J connectivity index is 1.76. The fraction of sp³-hybridized carbons (Fsp3) is 0.0690. The first-order valence-electron chi connectivity index (χ1n) is 11.4. The molecule has 1 aliphatic heterocycles. The van der Waals surface area contributed by atoms with Gasteiger partial charge in [0, 0.05) is 0 Å². The van der Waals surface area contributed by atoms with Crippen molar-refractivity contribution in [3.8, 4) is 0 Å². The highest BCUT2D eigenvalue weighted by atomic mass is 32.2. The van der Waals surface area contributed by atoms with Crippen molar-refractivity contribution in [2.75, 3.05) is 4.90 Å². The van der Waals surface area contributed by atoms with E-state index in [-0.39, 0.29) is 16.8 Å². The second kappa shape index (κ2) is 9.71. The number of aryl methyl sites for hydroxylation is 1. The van der Waals surface area contributed by atoms with Crippen LogP contribution in [0, 0.1) is 6.92 Å². The molecule has 1 unspecified atom stereocenters. The number of guanidine groups is 1. The number of carbonyl (C=O) groups is 1. The van der Waals surface area contributed by atoms with E-state index in [1.165, 1.54) is 17.0 Å². The van der Waals surface area contributed by atoms with Crippen molar-refractivity contribution in [3.63, 3.8) is 0 Å². The van der Waals surface area contributed by atoms with Crippen LogP contribution in [0.15, 0.2) is 130 Å². The first kappa shape index (κ1) is 23.4. The quantitative estimate of drug-likeness (QED) is 0.375. The highest BCUT2D eigenvalue weighted by Crippen LogP contribution is 2.32. The molecule has 0 saturated heterocycles. The van der Waals surface area contributed by atoms with E-state index in [2.05, 4.69) is 4.40 Å². The van der Waals surface area contributed by atoms with E-state index in [0.29, 0.717) is 17.0 Å². The number of para-hydroxylation sites is 1. The molecule has 0 aliphatic carbocycles. The minimum atomic E-state index is -4.14. The molecule has 0 saturated carbocycles. The smallest absolute Gasteiger partial charge is 0.273 e. The number of sulfonamides is 1. The van der Waals surface area contributed by atoms with Crippen LogP contribution in [0.4, 0.5) is 5.69 Å². The summed E-state index contributed by atoms with van der Waals surface area (Å²) in [5, 5.41) is 0. The van der Waals surface area contributed by atoms with Gasteiger partial charge in [-0.05, 0) is 42.3 Å². The zero-order valence-corrected chi connectivity index (χ0v) is 20.3. The largest absolute Gasteiger partial charge is 0.285 e. The second-order valence-electron chi connectivity index (χ2n) is 8.40. The summed E-state index contributed by atoms with van der Waals surface area (Å²) in [7, 11) is -4.14. The number of aliphatic imine (C=N–C) groups is 1. The molecule has 1 heterocycles. The lowest BCUT2D eigenvalue weighted by Gasteiger charge is -2.32. The van der Waals surface area contributed by atoms with Gasteiger partial charge in [-0.2, -0.15) is 8.42 Å². The van der Waals surface area contributed by atoms with Crippen molar-refractivity contribution in [3.05, 3.63) is 132 Å². The number of anilines is 1. The lowest BCUT2D eigenvalue weighted by Crippen LogP contribution is -2.47. The van der Waals surface area contributed by atoms with E-state index in [9.17, 15) is 13.2 Å². The van der Waals surface area contributed by atoms with Crippen molar-refractivity contribution < 1.29 is 13.2 Å². The molecule has 6 nitrogen and oxygen atoms in total. The number of rotatable bonds is 5. The summed E-state index contributed by atoms with van der Waals surface area (Å²) in [6, 6.07) is 33.9. The predicted octanol–water partition coefficient (Wildman–Crippen LogP) is 5.36. The molecule has 178 valence electrons. The van der Waals surface area contributed by atoms with Gasteiger partial charge in [-0.25, -0.2) is 9.89 Å². The molecular formula is C29H23N3O3S. The van der Waals surface area contributed by atoms with Crippen molar-refractivity contribution >= 4 is 33.3 Å². The van der Waals surface area contributed by atoms with Crippen LogP contribution in [-0.2, 0) is 14.8 Å². The molecule has 36 heavy (non-hydrogen) atoms. The van der Waals surface area contributed by atoms with E-state index in [1.54, 1.807) is 36.4 Å². The van der Waals surface area contributed by atoms with Crippen LogP contribution < -0.4 is 4.90 Å². The molecular weight excluding hydrogens is 470 g/mol. The third-order valence-corrected chi connectivity index (χ3v) is 7.17. The molecule has 7 heteroatoms. The van der Waals surface area contributed by atoms with Gasteiger partial charge in [0.05, 0.1) is 16.3 Å². The SMILES string of the molecule is Cc1ccc(S(=O)(=O)/N=C2\N=C(c3ccccc3)C(c3ccccc3)C(=O)N2c2ccccc2)cc1. The summed E-state index contributed by atoms with van der Waals surface area (Å²) in [4.78, 5) is 20.2. The number of hydrogen-bond donors (Lipinski definition) is 0. The predicted molar refractivity (Wildman–Crippen MR) is 142 cm³/mol. The van der Waals surface area contributed by atoms with Gasteiger partial charge in [-0.1, -0.05) is 96.6 Å². The Labute approximate surface area is 210 Å². The lowest BCUT2D eigenvalue weighted by molar-refractivity contribution is -0.117. The van der Waals surface area contributed by atoms with Gasteiger partial charge in [-0.3, -0.25) is 4.79 Å². The fourth-order valence-electron chi connectivity index (χ4n) is 4.10. The van der Waals surface area contributed by atoms with E-state index in [4.69, 9.17) is 4.99 Å². The summed E-state index contributed by atoms with van der Waals surface area (Å²) in [5.74, 6) is -1.27. The minimum Gasteiger partial charge on any atom is -0.273 e. The van der Waals surface area contributed by atoms with Crippen molar-refractivity contribution in [2.24, 2.45) is 9.39 Å². The third-order valence-electron chi connectivity index (χ3n) is 5.90. The molecule has 0 fully saturated rings. The maximum absolute atomic E-state index is 14.2. The molecule has 4 aromatic rings. The number of benzene rings is 4. The summed E-state index contributed by atoms with van der Waals surface area (Å²) in [6.45, 7) is 1.87. The van der Waals surface area contributed by atoms with Crippen LogP contribution >= 0.6 is 0 Å². The standard InChI is InChI=1S/C29H23N3O3S/c1-21-17-19-25(20-18-21)36(34,35)31-29-30-27(23-13-7-3-8-14-23)26(22-11-5-2-6-12-22)28(33)32(29)24-15-9-4-10-16-24/h2-20,26H,1H3/b31-29+. The van der Waals surface area contributed by atoms with Crippen LogP contribution in [-0.4, -0.2) is 26.0 Å². The highest BCUT2D eigenvalue weighted by Gasteiger charge is 2.39. The minimum absolute atomic E-state index is 0.0303. The number of carbonyl (C=O) groups excluding carboxylic acids is 1. The maximum atomic E-state index is 14.2. The number of hydrogen-bond acceptors (Lipinski definition) is 3. The molecule has 0 aromatic heterocycles. The number of amides is 1. The van der Waals surface area contributed by atoms with Gasteiger partial charge >= 0.3 is 0 Å². The summed E-state index contributed by atoms with van der Waals surface area (Å²) < 4.78 is 30.7. The van der Waals surface area contributed by atoms with Crippen molar-refractivity contribution in [2.45, 2.75) is 17.7 Å². The van der Waals surface area contributed by atoms with Gasteiger partial charge in [0.1, 0.15) is 5.92 Å². The molecule has 1 aliphatic rings. The van der Waals surface area contributed by atoms with Gasteiger partial charge in [0.25, 0.3) is 10.0 Å². The summed E-state index contributed by atoms with van der Waals surface area (Å²) in [5.41, 5.74) is 3.32. The molecule has 0 N–H and O–H groups in total. The van der Waals surface area contributed by atoms with Gasteiger partial charge in [0.15, 0.2) is 0 Å². The Kier molecular flexibility index (Phi) is 6.31. The van der Waals surface area contributed by atoms with Crippen LogP contribution in [0.25, 0.3) is 0 Å². The average Bonchev–Trinajstić information content (AvgIpc) is 2.90. The Bertz CT molecular complexity index is 1550. The first-order chi connectivity index (χ1) is 17.4. The third kappa shape index (κ3) is 4.61. The topological polar surface area (TPSA) is 79.2 Å². The Morgan fingerprint density at radius 3 is 1.92 bits per heavy atom. The van der Waals surface area contributed by atoms with Gasteiger partial charge < -0.3 is 0 Å². The monoisotopic (exact) mass is 493 g/mol. The van der Waals surface area contributed by atoms with Crippen LogP contribution in [0.1, 0.15) is 22.6 Å². The lowest BCUT2D eigenvalue weighted by atomic mass is 9.87. The Hall–Kier alpha value is -4.36. The Morgan fingerprint density at radius 2 is 1.31 bits per heavy atom. The molecule has 0 bridgehead atoms. The fourth-order valence-corrected chi connectivity index (χ4v) is 5.03. The van der Waals surface area contributed by atoms with E-state index >= 15 is 0 Å². The zero-order chi connectivity index (χ0) is 25.1. The van der Waals surface area contributed by atoms with Crippen LogP contribution in [0.3, 0.4) is 0 Å². The highest BCUT2D eigenvalue weighted by molar-refractivity contribution is 7.90. The maximum Gasteiger partial charge on any atom is 0.285 e. The zero-order valence-electron chi connectivity index (χ0n) is 19.5. The summed E-state index contributed by atoms with van der Waals surface area (Å²) in [6.07, 6.45) is 0. The summed E-state index contributed by atoms with van der Waals surface area (Å²) >= 11 is 0. The van der Waals surface area contributed by atoms with Crippen LogP contribution in [0.5, 0.6) is 0 Å². The van der Waals surface area contributed by atoms with Crippen molar-refractivity contribution in [1.29, 1.82) is 0 Å². The Morgan fingerprint density at radius 1 is 0.750 bits per heavy atom.